The minimum atomic E-state index is -0.599. The highest BCUT2D eigenvalue weighted by molar-refractivity contribution is 7.18. The average molecular weight is 290 g/mol. The highest BCUT2D eigenvalue weighted by Crippen LogP contribution is 2.29. The largest absolute Gasteiger partial charge is 0.374 e. The van der Waals surface area contributed by atoms with Crippen molar-refractivity contribution in [3.8, 4) is 0 Å². The van der Waals surface area contributed by atoms with Crippen LogP contribution in [0.4, 0.5) is 14.5 Å². The smallest absolute Gasteiger partial charge is 0.149 e. The first-order chi connectivity index (χ1) is 9.63. The van der Waals surface area contributed by atoms with E-state index in [1.807, 2.05) is 31.2 Å². The number of rotatable bonds is 3. The molecule has 1 N–H and O–H groups in total. The Morgan fingerprint density at radius 3 is 2.70 bits per heavy atom. The Hall–Kier alpha value is -2.01. The van der Waals surface area contributed by atoms with Gasteiger partial charge in [-0.1, -0.05) is 12.1 Å². The molecule has 5 heteroatoms. The molecular formula is C15H12F2N2S. The summed E-state index contributed by atoms with van der Waals surface area (Å²) in [6, 6.07) is 11.2. The molecule has 1 aromatic heterocycles. The first-order valence-corrected chi connectivity index (χ1v) is 7.02. The van der Waals surface area contributed by atoms with Crippen LogP contribution in [0.5, 0.6) is 0 Å². The van der Waals surface area contributed by atoms with Gasteiger partial charge in [0.15, 0.2) is 0 Å². The van der Waals surface area contributed by atoms with Crippen LogP contribution in [0.3, 0.4) is 0 Å². The highest BCUT2D eigenvalue weighted by Gasteiger charge is 2.13. The van der Waals surface area contributed by atoms with E-state index >= 15 is 0 Å². The standard InChI is InChI=1S/C15H12F2N2S/c1-9(18-12-7-6-10(16)8-11(12)17)15-19-13-4-2-3-5-14(13)20-15/h2-9,18H,1H3. The quantitative estimate of drug-likeness (QED) is 0.753. The second-order valence-electron chi connectivity index (χ2n) is 4.51. The summed E-state index contributed by atoms with van der Waals surface area (Å²) >= 11 is 1.56. The lowest BCUT2D eigenvalue weighted by Crippen LogP contribution is -2.07. The van der Waals surface area contributed by atoms with Crippen LogP contribution in [-0.2, 0) is 0 Å². The molecule has 2 aromatic carbocycles. The maximum atomic E-state index is 13.6. The van der Waals surface area contributed by atoms with E-state index < -0.39 is 11.6 Å². The van der Waals surface area contributed by atoms with Gasteiger partial charge in [-0.15, -0.1) is 11.3 Å². The van der Waals surface area contributed by atoms with Gasteiger partial charge in [-0.05, 0) is 31.2 Å². The number of fused-ring (bicyclic) bond motifs is 1. The van der Waals surface area contributed by atoms with Gasteiger partial charge in [0, 0.05) is 6.07 Å². The SMILES string of the molecule is CC(Nc1ccc(F)cc1F)c1nc2ccccc2s1. The molecule has 0 saturated carbocycles. The summed E-state index contributed by atoms with van der Waals surface area (Å²) in [4.78, 5) is 4.52. The number of aromatic nitrogens is 1. The first kappa shape index (κ1) is 13.0. The minimum absolute atomic E-state index is 0.146. The van der Waals surface area contributed by atoms with E-state index in [-0.39, 0.29) is 11.7 Å². The van der Waals surface area contributed by atoms with E-state index in [1.165, 1.54) is 12.1 Å². The van der Waals surface area contributed by atoms with Crippen LogP contribution in [0, 0.1) is 11.6 Å². The van der Waals surface area contributed by atoms with Gasteiger partial charge in [0.05, 0.1) is 21.9 Å². The number of thiazole rings is 1. The Morgan fingerprint density at radius 2 is 1.95 bits per heavy atom. The number of hydrogen-bond donors (Lipinski definition) is 1. The number of hydrogen-bond acceptors (Lipinski definition) is 3. The molecule has 0 amide bonds. The highest BCUT2D eigenvalue weighted by atomic mass is 32.1. The van der Waals surface area contributed by atoms with E-state index in [1.54, 1.807) is 11.3 Å². The van der Waals surface area contributed by atoms with E-state index in [2.05, 4.69) is 10.3 Å². The molecule has 2 nitrogen and oxygen atoms in total. The zero-order valence-corrected chi connectivity index (χ0v) is 11.5. The fourth-order valence-electron chi connectivity index (χ4n) is 1.98. The van der Waals surface area contributed by atoms with Crippen molar-refractivity contribution in [2.24, 2.45) is 0 Å². The van der Waals surface area contributed by atoms with Gasteiger partial charge < -0.3 is 5.32 Å². The topological polar surface area (TPSA) is 24.9 Å². The van der Waals surface area contributed by atoms with Crippen molar-refractivity contribution in [2.75, 3.05) is 5.32 Å². The molecule has 20 heavy (non-hydrogen) atoms. The molecular weight excluding hydrogens is 278 g/mol. The predicted molar refractivity (Wildman–Crippen MR) is 78.0 cm³/mol. The summed E-state index contributed by atoms with van der Waals surface area (Å²) in [6.45, 7) is 1.90. The zero-order valence-electron chi connectivity index (χ0n) is 10.7. The second kappa shape index (κ2) is 5.17. The van der Waals surface area contributed by atoms with E-state index in [9.17, 15) is 8.78 Å². The van der Waals surface area contributed by atoms with Crippen LogP contribution in [0.2, 0.25) is 0 Å². The van der Waals surface area contributed by atoms with Crippen LogP contribution in [-0.4, -0.2) is 4.98 Å². The maximum absolute atomic E-state index is 13.6. The Balaban J connectivity index is 1.86. The number of benzene rings is 2. The summed E-state index contributed by atoms with van der Waals surface area (Å²) in [5, 5.41) is 3.89. The molecule has 0 aliphatic carbocycles. The van der Waals surface area contributed by atoms with Crippen LogP contribution >= 0.6 is 11.3 Å². The summed E-state index contributed by atoms with van der Waals surface area (Å²) in [5.41, 5.74) is 1.21. The molecule has 0 aliphatic heterocycles. The van der Waals surface area contributed by atoms with Gasteiger partial charge in [-0.25, -0.2) is 13.8 Å². The number of anilines is 1. The Morgan fingerprint density at radius 1 is 1.15 bits per heavy atom. The van der Waals surface area contributed by atoms with Crippen molar-refractivity contribution < 1.29 is 8.78 Å². The minimum Gasteiger partial charge on any atom is -0.374 e. The number of halogens is 2. The lowest BCUT2D eigenvalue weighted by Gasteiger charge is -2.13. The van der Waals surface area contributed by atoms with Gasteiger partial charge >= 0.3 is 0 Å². The first-order valence-electron chi connectivity index (χ1n) is 6.20. The van der Waals surface area contributed by atoms with Gasteiger partial charge in [0.1, 0.15) is 16.6 Å². The van der Waals surface area contributed by atoms with Crippen molar-refractivity contribution >= 4 is 27.2 Å². The fourth-order valence-corrected chi connectivity index (χ4v) is 2.95. The molecule has 0 fully saturated rings. The molecule has 1 atom stereocenters. The summed E-state index contributed by atoms with van der Waals surface area (Å²) in [7, 11) is 0. The predicted octanol–water partition coefficient (Wildman–Crippen LogP) is 4.75. The Kier molecular flexibility index (Phi) is 3.36. The third-order valence-electron chi connectivity index (χ3n) is 2.98. The molecule has 1 heterocycles. The van der Waals surface area contributed by atoms with Gasteiger partial charge in [0.2, 0.25) is 0 Å². The molecule has 0 bridgehead atoms. The molecule has 3 aromatic rings. The zero-order chi connectivity index (χ0) is 14.1. The molecule has 0 aliphatic rings. The molecule has 3 rings (SSSR count). The van der Waals surface area contributed by atoms with Crippen molar-refractivity contribution in [1.82, 2.24) is 4.98 Å². The van der Waals surface area contributed by atoms with Crippen molar-refractivity contribution in [1.29, 1.82) is 0 Å². The second-order valence-corrected chi connectivity index (χ2v) is 5.57. The van der Waals surface area contributed by atoms with E-state index in [0.29, 0.717) is 0 Å². The molecule has 102 valence electrons. The normalized spacial score (nSPS) is 12.6. The van der Waals surface area contributed by atoms with Crippen LogP contribution < -0.4 is 5.32 Å². The Bertz CT molecular complexity index is 721. The average Bonchev–Trinajstić information content (AvgIpc) is 2.86. The van der Waals surface area contributed by atoms with E-state index in [4.69, 9.17) is 0 Å². The third kappa shape index (κ3) is 2.49. The fraction of sp³-hybridized carbons (Fsp3) is 0.133. The molecule has 0 saturated heterocycles. The number of nitrogens with zero attached hydrogens (tertiary/aromatic N) is 1. The summed E-state index contributed by atoms with van der Waals surface area (Å²) in [6.07, 6.45) is 0. The monoisotopic (exact) mass is 290 g/mol. The lowest BCUT2D eigenvalue weighted by molar-refractivity contribution is 0.584. The summed E-state index contributed by atoms with van der Waals surface area (Å²) < 4.78 is 27.6. The molecule has 0 spiro atoms. The van der Waals surface area contributed by atoms with Gasteiger partial charge in [0.25, 0.3) is 0 Å². The maximum Gasteiger partial charge on any atom is 0.149 e. The Labute approximate surface area is 119 Å². The molecule has 0 radical (unpaired) electrons. The number of para-hydroxylation sites is 1. The number of nitrogens with one attached hydrogen (secondary N) is 1. The van der Waals surface area contributed by atoms with Crippen LogP contribution in [0.15, 0.2) is 42.5 Å². The lowest BCUT2D eigenvalue weighted by atomic mass is 10.2. The third-order valence-corrected chi connectivity index (χ3v) is 4.20. The summed E-state index contributed by atoms with van der Waals surface area (Å²) in [5.74, 6) is -1.18. The van der Waals surface area contributed by atoms with Crippen molar-refractivity contribution in [3.63, 3.8) is 0 Å². The van der Waals surface area contributed by atoms with Crippen molar-refractivity contribution in [2.45, 2.75) is 13.0 Å². The van der Waals surface area contributed by atoms with Crippen LogP contribution in [0.1, 0.15) is 18.0 Å². The van der Waals surface area contributed by atoms with Crippen molar-refractivity contribution in [3.05, 3.63) is 59.1 Å². The van der Waals surface area contributed by atoms with E-state index in [0.717, 1.165) is 21.3 Å². The molecule has 1 unspecified atom stereocenters. The van der Waals surface area contributed by atoms with Gasteiger partial charge in [-0.3, -0.25) is 0 Å². The van der Waals surface area contributed by atoms with Gasteiger partial charge in [-0.2, -0.15) is 0 Å². The van der Waals surface area contributed by atoms with Crippen LogP contribution in [0.25, 0.3) is 10.2 Å².